The number of nitrogens with one attached hydrogen (secondary N) is 1. The number of unbranched alkanes of at least 4 members (excludes halogenated alkanes) is 1. The predicted molar refractivity (Wildman–Crippen MR) is 76.7 cm³/mol. The standard InChI is InChI=1S/C15H27NO3/c1-7-9-10-12(14(18)16-11(3)4)15(5,6)19-13(17)8-2/h8,11-12H,2,7,9-10H2,1,3-6H3,(H,16,18). The van der Waals surface area contributed by atoms with Gasteiger partial charge in [0.25, 0.3) is 0 Å². The number of carbonyl (C=O) groups excluding carboxylic acids is 2. The average molecular weight is 269 g/mol. The Bertz CT molecular complexity index is 321. The van der Waals surface area contributed by atoms with Crippen molar-refractivity contribution in [2.45, 2.75) is 65.5 Å². The van der Waals surface area contributed by atoms with Gasteiger partial charge < -0.3 is 10.1 Å². The molecule has 4 nitrogen and oxygen atoms in total. The maximum Gasteiger partial charge on any atom is 0.330 e. The molecule has 0 spiro atoms. The lowest BCUT2D eigenvalue weighted by molar-refractivity contribution is -0.159. The minimum absolute atomic E-state index is 0.0645. The van der Waals surface area contributed by atoms with E-state index in [4.69, 9.17) is 4.74 Å². The lowest BCUT2D eigenvalue weighted by Gasteiger charge is -2.33. The van der Waals surface area contributed by atoms with Crippen molar-refractivity contribution >= 4 is 11.9 Å². The molecule has 0 heterocycles. The van der Waals surface area contributed by atoms with Crippen molar-refractivity contribution in [2.75, 3.05) is 0 Å². The lowest BCUT2D eigenvalue weighted by Crippen LogP contribution is -2.47. The number of esters is 1. The molecule has 0 aliphatic heterocycles. The second kappa shape index (κ2) is 7.97. The van der Waals surface area contributed by atoms with Crippen LogP contribution in [0.5, 0.6) is 0 Å². The zero-order chi connectivity index (χ0) is 15.1. The van der Waals surface area contributed by atoms with Gasteiger partial charge in [0.05, 0.1) is 5.92 Å². The molecule has 0 aromatic rings. The van der Waals surface area contributed by atoms with Crippen LogP contribution in [-0.2, 0) is 14.3 Å². The summed E-state index contributed by atoms with van der Waals surface area (Å²) in [7, 11) is 0. The highest BCUT2D eigenvalue weighted by molar-refractivity contribution is 5.83. The third kappa shape index (κ3) is 6.41. The molecule has 0 fully saturated rings. The van der Waals surface area contributed by atoms with Gasteiger partial charge in [-0.25, -0.2) is 4.79 Å². The smallest absolute Gasteiger partial charge is 0.330 e. The number of carbonyl (C=O) groups is 2. The topological polar surface area (TPSA) is 55.4 Å². The molecule has 1 unspecified atom stereocenters. The van der Waals surface area contributed by atoms with Crippen molar-refractivity contribution in [3.05, 3.63) is 12.7 Å². The fourth-order valence-electron chi connectivity index (χ4n) is 1.96. The number of rotatable bonds is 8. The van der Waals surface area contributed by atoms with Crippen LogP contribution in [0.1, 0.15) is 53.9 Å². The Hall–Kier alpha value is -1.32. The molecule has 0 aliphatic rings. The summed E-state index contributed by atoms with van der Waals surface area (Å²) in [6.07, 6.45) is 3.74. The first-order valence-electron chi connectivity index (χ1n) is 6.90. The molecule has 0 aromatic heterocycles. The zero-order valence-corrected chi connectivity index (χ0v) is 12.8. The van der Waals surface area contributed by atoms with Gasteiger partial charge in [0.15, 0.2) is 0 Å². The maximum absolute atomic E-state index is 12.2. The first-order chi connectivity index (χ1) is 8.74. The molecule has 0 saturated carbocycles. The van der Waals surface area contributed by atoms with Gasteiger partial charge in [-0.1, -0.05) is 26.3 Å². The summed E-state index contributed by atoms with van der Waals surface area (Å²) in [6.45, 7) is 12.8. The van der Waals surface area contributed by atoms with E-state index in [1.807, 2.05) is 13.8 Å². The summed E-state index contributed by atoms with van der Waals surface area (Å²) in [5.41, 5.74) is -0.834. The average Bonchev–Trinajstić information content (AvgIpc) is 2.27. The Morgan fingerprint density at radius 2 is 1.95 bits per heavy atom. The molecule has 110 valence electrons. The molecule has 0 aromatic carbocycles. The first-order valence-corrected chi connectivity index (χ1v) is 6.90. The van der Waals surface area contributed by atoms with Gasteiger partial charge in [0.2, 0.25) is 5.91 Å². The summed E-state index contributed by atoms with van der Waals surface area (Å²) < 4.78 is 5.33. The summed E-state index contributed by atoms with van der Waals surface area (Å²) in [5.74, 6) is -0.909. The van der Waals surface area contributed by atoms with Crippen LogP contribution in [0.25, 0.3) is 0 Å². The van der Waals surface area contributed by atoms with E-state index in [0.717, 1.165) is 18.9 Å². The van der Waals surface area contributed by atoms with E-state index in [1.165, 1.54) is 0 Å². The Morgan fingerprint density at radius 3 is 2.37 bits per heavy atom. The highest BCUT2D eigenvalue weighted by Gasteiger charge is 2.37. The van der Waals surface area contributed by atoms with Crippen LogP contribution in [-0.4, -0.2) is 23.5 Å². The number of amides is 1. The van der Waals surface area contributed by atoms with E-state index in [1.54, 1.807) is 13.8 Å². The molecule has 19 heavy (non-hydrogen) atoms. The Labute approximate surface area is 116 Å². The fraction of sp³-hybridized carbons (Fsp3) is 0.733. The van der Waals surface area contributed by atoms with Crippen LogP contribution in [0.4, 0.5) is 0 Å². The second-order valence-corrected chi connectivity index (χ2v) is 5.59. The number of ether oxygens (including phenoxy) is 1. The molecule has 0 radical (unpaired) electrons. The molecule has 0 rings (SSSR count). The van der Waals surface area contributed by atoms with Gasteiger partial charge >= 0.3 is 5.97 Å². The molecule has 1 amide bonds. The molecule has 1 N–H and O–H groups in total. The van der Waals surface area contributed by atoms with E-state index >= 15 is 0 Å². The molecule has 0 saturated heterocycles. The highest BCUT2D eigenvalue weighted by atomic mass is 16.6. The highest BCUT2D eigenvalue weighted by Crippen LogP contribution is 2.27. The maximum atomic E-state index is 12.2. The Balaban J connectivity index is 4.93. The van der Waals surface area contributed by atoms with Crippen molar-refractivity contribution in [3.8, 4) is 0 Å². The third-order valence-electron chi connectivity index (χ3n) is 2.96. The number of hydrogen-bond acceptors (Lipinski definition) is 3. The van der Waals surface area contributed by atoms with Crippen molar-refractivity contribution in [1.29, 1.82) is 0 Å². The van der Waals surface area contributed by atoms with Crippen LogP contribution in [0.2, 0.25) is 0 Å². The van der Waals surface area contributed by atoms with Gasteiger partial charge in [0.1, 0.15) is 5.60 Å². The molecule has 0 aliphatic carbocycles. The molecular weight excluding hydrogens is 242 g/mol. The summed E-state index contributed by atoms with van der Waals surface area (Å²) in [6, 6.07) is 0.0718. The van der Waals surface area contributed by atoms with E-state index in [0.29, 0.717) is 6.42 Å². The minimum Gasteiger partial charge on any atom is -0.456 e. The van der Waals surface area contributed by atoms with Gasteiger partial charge in [-0.2, -0.15) is 0 Å². The summed E-state index contributed by atoms with van der Waals surface area (Å²) in [4.78, 5) is 23.6. The molecular formula is C15H27NO3. The van der Waals surface area contributed by atoms with Crippen LogP contribution in [0.15, 0.2) is 12.7 Å². The van der Waals surface area contributed by atoms with E-state index in [9.17, 15) is 9.59 Å². The van der Waals surface area contributed by atoms with E-state index in [2.05, 4.69) is 18.8 Å². The third-order valence-corrected chi connectivity index (χ3v) is 2.96. The monoisotopic (exact) mass is 269 g/mol. The molecule has 1 atom stereocenters. The largest absolute Gasteiger partial charge is 0.456 e. The normalized spacial score (nSPS) is 12.9. The lowest BCUT2D eigenvalue weighted by atomic mass is 9.85. The first kappa shape index (κ1) is 17.7. The predicted octanol–water partition coefficient (Wildman–Crippen LogP) is 2.83. The molecule has 0 bridgehead atoms. The minimum atomic E-state index is -0.834. The van der Waals surface area contributed by atoms with E-state index in [-0.39, 0.29) is 17.9 Å². The second-order valence-electron chi connectivity index (χ2n) is 5.59. The van der Waals surface area contributed by atoms with Crippen LogP contribution in [0.3, 0.4) is 0 Å². The fourth-order valence-corrected chi connectivity index (χ4v) is 1.96. The van der Waals surface area contributed by atoms with Gasteiger partial charge in [0, 0.05) is 12.1 Å². The van der Waals surface area contributed by atoms with E-state index < -0.39 is 11.6 Å². The van der Waals surface area contributed by atoms with Crippen molar-refractivity contribution in [2.24, 2.45) is 5.92 Å². The number of hydrogen-bond donors (Lipinski definition) is 1. The van der Waals surface area contributed by atoms with Crippen molar-refractivity contribution in [1.82, 2.24) is 5.32 Å². The van der Waals surface area contributed by atoms with Crippen LogP contribution < -0.4 is 5.32 Å². The van der Waals surface area contributed by atoms with Gasteiger partial charge in [-0.05, 0) is 34.1 Å². The van der Waals surface area contributed by atoms with Gasteiger partial charge in [-0.15, -0.1) is 0 Å². The summed E-state index contributed by atoms with van der Waals surface area (Å²) in [5, 5.41) is 2.89. The van der Waals surface area contributed by atoms with Crippen molar-refractivity contribution in [3.63, 3.8) is 0 Å². The SMILES string of the molecule is C=CC(=O)OC(C)(C)C(CCCC)C(=O)NC(C)C. The van der Waals surface area contributed by atoms with Gasteiger partial charge in [-0.3, -0.25) is 4.79 Å². The Kier molecular flexibility index (Phi) is 7.42. The molecule has 4 heteroatoms. The van der Waals surface area contributed by atoms with Crippen LogP contribution >= 0.6 is 0 Å². The summed E-state index contributed by atoms with van der Waals surface area (Å²) >= 11 is 0. The quantitative estimate of drug-likeness (QED) is 0.544. The zero-order valence-electron chi connectivity index (χ0n) is 12.8. The van der Waals surface area contributed by atoms with Crippen LogP contribution in [0, 0.1) is 5.92 Å². The Morgan fingerprint density at radius 1 is 1.37 bits per heavy atom. The van der Waals surface area contributed by atoms with Crippen molar-refractivity contribution < 1.29 is 14.3 Å².